The summed E-state index contributed by atoms with van der Waals surface area (Å²) in [7, 11) is 0. The predicted octanol–water partition coefficient (Wildman–Crippen LogP) is 3.57. The molecule has 1 aliphatic heterocycles. The molecule has 4 atom stereocenters. The highest BCUT2D eigenvalue weighted by Gasteiger charge is 2.35. The SMILES string of the molecule is C1CNC(c2noc(C3CCC4CCCCC4C3)n2)C1. The highest BCUT2D eigenvalue weighted by atomic mass is 16.5. The Kier molecular flexibility index (Phi) is 3.51. The van der Waals surface area contributed by atoms with E-state index in [0.717, 1.165) is 36.5 Å². The summed E-state index contributed by atoms with van der Waals surface area (Å²) in [6.07, 6.45) is 12.0. The van der Waals surface area contributed by atoms with Crippen LogP contribution in [0, 0.1) is 11.8 Å². The number of nitrogens with zero attached hydrogens (tertiary/aromatic N) is 2. The lowest BCUT2D eigenvalue weighted by Crippen LogP contribution is -2.27. The monoisotopic (exact) mass is 275 g/mol. The van der Waals surface area contributed by atoms with Crippen molar-refractivity contribution in [2.24, 2.45) is 11.8 Å². The number of fused-ring (bicyclic) bond motifs is 1. The maximum Gasteiger partial charge on any atom is 0.229 e. The first-order valence-corrected chi connectivity index (χ1v) is 8.47. The summed E-state index contributed by atoms with van der Waals surface area (Å²) in [5.41, 5.74) is 0. The van der Waals surface area contributed by atoms with E-state index >= 15 is 0 Å². The fourth-order valence-electron chi connectivity index (χ4n) is 4.56. The number of hydrogen-bond donors (Lipinski definition) is 1. The van der Waals surface area contributed by atoms with Gasteiger partial charge in [-0.15, -0.1) is 0 Å². The van der Waals surface area contributed by atoms with E-state index in [-0.39, 0.29) is 0 Å². The molecule has 4 nitrogen and oxygen atoms in total. The van der Waals surface area contributed by atoms with E-state index in [4.69, 9.17) is 9.51 Å². The molecule has 1 aromatic rings. The third kappa shape index (κ3) is 2.39. The van der Waals surface area contributed by atoms with Crippen LogP contribution in [0.3, 0.4) is 0 Å². The molecule has 1 aromatic heterocycles. The lowest BCUT2D eigenvalue weighted by Gasteiger charge is -2.38. The lowest BCUT2D eigenvalue weighted by molar-refractivity contribution is 0.142. The molecule has 0 bridgehead atoms. The number of hydrogen-bond acceptors (Lipinski definition) is 4. The van der Waals surface area contributed by atoms with Crippen LogP contribution in [0.1, 0.15) is 81.5 Å². The molecule has 3 fully saturated rings. The van der Waals surface area contributed by atoms with Crippen LogP contribution < -0.4 is 5.32 Å². The van der Waals surface area contributed by atoms with Crippen molar-refractivity contribution in [3.8, 4) is 0 Å². The van der Waals surface area contributed by atoms with Crippen molar-refractivity contribution in [2.75, 3.05) is 6.54 Å². The third-order valence-corrected chi connectivity index (χ3v) is 5.72. The van der Waals surface area contributed by atoms with Gasteiger partial charge in [0.25, 0.3) is 0 Å². The first kappa shape index (κ1) is 12.8. The second-order valence-corrected chi connectivity index (χ2v) is 6.95. The molecule has 2 saturated carbocycles. The van der Waals surface area contributed by atoms with Crippen LogP contribution in [-0.4, -0.2) is 16.7 Å². The van der Waals surface area contributed by atoms with E-state index in [2.05, 4.69) is 10.5 Å². The Balaban J connectivity index is 1.45. The molecule has 1 N–H and O–H groups in total. The molecular weight excluding hydrogens is 250 g/mol. The smallest absolute Gasteiger partial charge is 0.229 e. The molecule has 0 radical (unpaired) electrons. The van der Waals surface area contributed by atoms with Crippen LogP contribution in [0.25, 0.3) is 0 Å². The van der Waals surface area contributed by atoms with E-state index in [1.807, 2.05) is 0 Å². The fraction of sp³-hybridized carbons (Fsp3) is 0.875. The van der Waals surface area contributed by atoms with Crippen molar-refractivity contribution < 1.29 is 4.52 Å². The zero-order valence-corrected chi connectivity index (χ0v) is 12.2. The van der Waals surface area contributed by atoms with Crippen molar-refractivity contribution in [1.82, 2.24) is 15.5 Å². The van der Waals surface area contributed by atoms with Gasteiger partial charge in [-0.2, -0.15) is 4.98 Å². The number of rotatable bonds is 2. The Morgan fingerprint density at radius 2 is 1.85 bits per heavy atom. The first-order valence-electron chi connectivity index (χ1n) is 8.47. The van der Waals surface area contributed by atoms with Gasteiger partial charge in [0.1, 0.15) is 0 Å². The van der Waals surface area contributed by atoms with Crippen LogP contribution in [0.4, 0.5) is 0 Å². The van der Waals surface area contributed by atoms with Crippen molar-refractivity contribution in [3.05, 3.63) is 11.7 Å². The molecule has 110 valence electrons. The molecule has 0 aromatic carbocycles. The molecule has 3 aliphatic rings. The maximum atomic E-state index is 5.60. The Hall–Kier alpha value is -0.900. The van der Waals surface area contributed by atoms with Crippen molar-refractivity contribution in [2.45, 2.75) is 69.7 Å². The summed E-state index contributed by atoms with van der Waals surface area (Å²) in [5, 5.41) is 7.68. The summed E-state index contributed by atoms with van der Waals surface area (Å²) in [5.74, 6) is 4.24. The molecule has 4 heteroatoms. The Morgan fingerprint density at radius 3 is 2.70 bits per heavy atom. The number of nitrogens with one attached hydrogen (secondary N) is 1. The maximum absolute atomic E-state index is 5.60. The van der Waals surface area contributed by atoms with E-state index in [9.17, 15) is 0 Å². The van der Waals surface area contributed by atoms with Crippen LogP contribution in [0.15, 0.2) is 4.52 Å². The van der Waals surface area contributed by atoms with Gasteiger partial charge in [0.05, 0.1) is 6.04 Å². The van der Waals surface area contributed by atoms with Gasteiger partial charge >= 0.3 is 0 Å². The summed E-state index contributed by atoms with van der Waals surface area (Å²) < 4.78 is 5.60. The molecule has 2 heterocycles. The highest BCUT2D eigenvalue weighted by Crippen LogP contribution is 2.45. The highest BCUT2D eigenvalue weighted by molar-refractivity contribution is 5.02. The van der Waals surface area contributed by atoms with Crippen molar-refractivity contribution in [1.29, 1.82) is 0 Å². The second-order valence-electron chi connectivity index (χ2n) is 6.95. The van der Waals surface area contributed by atoms with Gasteiger partial charge in [0.15, 0.2) is 5.82 Å². The van der Waals surface area contributed by atoms with Gasteiger partial charge in [-0.1, -0.05) is 30.8 Å². The van der Waals surface area contributed by atoms with E-state index in [1.165, 1.54) is 51.4 Å². The summed E-state index contributed by atoms with van der Waals surface area (Å²) >= 11 is 0. The summed E-state index contributed by atoms with van der Waals surface area (Å²) in [4.78, 5) is 4.71. The molecule has 4 rings (SSSR count). The number of aromatic nitrogens is 2. The van der Waals surface area contributed by atoms with Crippen LogP contribution in [-0.2, 0) is 0 Å². The van der Waals surface area contributed by atoms with Gasteiger partial charge in [-0.05, 0) is 50.5 Å². The molecule has 20 heavy (non-hydrogen) atoms. The van der Waals surface area contributed by atoms with Gasteiger partial charge in [0, 0.05) is 5.92 Å². The minimum atomic E-state index is 0.332. The van der Waals surface area contributed by atoms with Gasteiger partial charge in [0.2, 0.25) is 5.89 Å². The van der Waals surface area contributed by atoms with Gasteiger partial charge < -0.3 is 9.84 Å². The van der Waals surface area contributed by atoms with Gasteiger partial charge in [-0.3, -0.25) is 0 Å². The zero-order chi connectivity index (χ0) is 13.4. The molecule has 0 amide bonds. The average molecular weight is 275 g/mol. The lowest BCUT2D eigenvalue weighted by atomic mass is 9.67. The predicted molar refractivity (Wildman–Crippen MR) is 76.3 cm³/mol. The summed E-state index contributed by atoms with van der Waals surface area (Å²) in [6.45, 7) is 1.09. The third-order valence-electron chi connectivity index (χ3n) is 5.72. The second kappa shape index (κ2) is 5.47. The van der Waals surface area contributed by atoms with Crippen LogP contribution in [0.5, 0.6) is 0 Å². The largest absolute Gasteiger partial charge is 0.339 e. The zero-order valence-electron chi connectivity index (χ0n) is 12.2. The van der Waals surface area contributed by atoms with Crippen molar-refractivity contribution in [3.63, 3.8) is 0 Å². The molecule has 0 spiro atoms. The van der Waals surface area contributed by atoms with Gasteiger partial charge in [-0.25, -0.2) is 0 Å². The Bertz CT molecular complexity index is 452. The molecule has 4 unspecified atom stereocenters. The molecular formula is C16H25N3O. The van der Waals surface area contributed by atoms with E-state index in [0.29, 0.717) is 12.0 Å². The minimum Gasteiger partial charge on any atom is -0.339 e. The van der Waals surface area contributed by atoms with E-state index < -0.39 is 0 Å². The molecule has 2 aliphatic carbocycles. The summed E-state index contributed by atoms with van der Waals surface area (Å²) in [6, 6.07) is 0.332. The standard InChI is InChI=1S/C16H25N3O/c1-2-5-12-10-13(8-7-11(12)4-1)16-18-15(19-20-16)14-6-3-9-17-14/h11-14,17H,1-10H2. The normalized spacial score (nSPS) is 37.8. The minimum absolute atomic E-state index is 0.332. The Labute approximate surface area is 120 Å². The topological polar surface area (TPSA) is 51.0 Å². The van der Waals surface area contributed by atoms with Crippen LogP contribution >= 0.6 is 0 Å². The molecule has 1 saturated heterocycles. The quantitative estimate of drug-likeness (QED) is 0.896. The fourth-order valence-corrected chi connectivity index (χ4v) is 4.56. The van der Waals surface area contributed by atoms with E-state index in [1.54, 1.807) is 0 Å². The first-order chi connectivity index (χ1) is 9.90. The van der Waals surface area contributed by atoms with Crippen molar-refractivity contribution >= 4 is 0 Å². The van der Waals surface area contributed by atoms with Crippen LogP contribution in [0.2, 0.25) is 0 Å². The Morgan fingerprint density at radius 1 is 0.950 bits per heavy atom. The average Bonchev–Trinajstić information content (AvgIpc) is 3.17.